The van der Waals surface area contributed by atoms with Gasteiger partial charge in [-0.25, -0.2) is 0 Å². The highest BCUT2D eigenvalue weighted by Gasteiger charge is 2.12. The van der Waals surface area contributed by atoms with Gasteiger partial charge >= 0.3 is 5.97 Å². The SMILES string of the molecule is COC(=O)Cc1c(Br)ccc(I)c1Cl. The third-order valence-electron chi connectivity index (χ3n) is 1.69. The Hall–Kier alpha value is 0.190. The Morgan fingerprint density at radius 1 is 1.64 bits per heavy atom. The number of halogens is 3. The lowest BCUT2D eigenvalue weighted by molar-refractivity contribution is -0.139. The number of hydrogen-bond donors (Lipinski definition) is 0. The Labute approximate surface area is 109 Å². The zero-order valence-corrected chi connectivity index (χ0v) is 11.8. The molecule has 0 N–H and O–H groups in total. The summed E-state index contributed by atoms with van der Waals surface area (Å²) in [5.41, 5.74) is 0.769. The molecule has 0 aliphatic heterocycles. The van der Waals surface area contributed by atoms with Crippen LogP contribution in [0.25, 0.3) is 0 Å². The number of ether oxygens (including phenoxy) is 1. The van der Waals surface area contributed by atoms with Crippen molar-refractivity contribution in [3.8, 4) is 0 Å². The second-order valence-corrected chi connectivity index (χ2v) is 4.97. The van der Waals surface area contributed by atoms with Crippen LogP contribution in [0.5, 0.6) is 0 Å². The molecule has 14 heavy (non-hydrogen) atoms. The molecule has 0 atom stereocenters. The van der Waals surface area contributed by atoms with E-state index in [0.29, 0.717) is 5.02 Å². The van der Waals surface area contributed by atoms with E-state index >= 15 is 0 Å². The van der Waals surface area contributed by atoms with Crippen molar-refractivity contribution in [1.29, 1.82) is 0 Å². The van der Waals surface area contributed by atoms with E-state index in [1.54, 1.807) is 0 Å². The van der Waals surface area contributed by atoms with E-state index in [2.05, 4.69) is 43.3 Å². The summed E-state index contributed by atoms with van der Waals surface area (Å²) in [7, 11) is 1.36. The second-order valence-electron chi connectivity index (χ2n) is 2.57. The summed E-state index contributed by atoms with van der Waals surface area (Å²) in [6.07, 6.45) is 0.187. The van der Waals surface area contributed by atoms with Gasteiger partial charge in [0.25, 0.3) is 0 Å². The van der Waals surface area contributed by atoms with Gasteiger partial charge in [-0.05, 0) is 40.3 Å². The van der Waals surface area contributed by atoms with Crippen LogP contribution < -0.4 is 0 Å². The maximum atomic E-state index is 11.1. The van der Waals surface area contributed by atoms with E-state index < -0.39 is 0 Å². The molecule has 0 aromatic heterocycles. The quantitative estimate of drug-likeness (QED) is 0.440. The first-order valence-corrected chi connectivity index (χ1v) is 6.00. The van der Waals surface area contributed by atoms with Crippen LogP contribution in [0.15, 0.2) is 16.6 Å². The predicted molar refractivity (Wildman–Crippen MR) is 67.6 cm³/mol. The molecule has 0 aliphatic carbocycles. The minimum atomic E-state index is -0.297. The maximum Gasteiger partial charge on any atom is 0.310 e. The smallest absolute Gasteiger partial charge is 0.310 e. The Kier molecular flexibility index (Phi) is 4.66. The van der Waals surface area contributed by atoms with Gasteiger partial charge in [0, 0.05) is 8.04 Å². The van der Waals surface area contributed by atoms with E-state index in [-0.39, 0.29) is 12.4 Å². The molecule has 1 aromatic carbocycles. The van der Waals surface area contributed by atoms with Crippen molar-refractivity contribution in [2.24, 2.45) is 0 Å². The third kappa shape index (κ3) is 2.84. The molecular weight excluding hydrogens is 382 g/mol. The Bertz CT molecular complexity index is 368. The molecule has 76 valence electrons. The van der Waals surface area contributed by atoms with Crippen LogP contribution in [0.2, 0.25) is 5.02 Å². The van der Waals surface area contributed by atoms with Gasteiger partial charge in [-0.15, -0.1) is 0 Å². The predicted octanol–water partition coefficient (Wildman–Crippen LogP) is 3.42. The van der Waals surface area contributed by atoms with Crippen molar-refractivity contribution in [2.45, 2.75) is 6.42 Å². The molecule has 0 heterocycles. The molecule has 0 radical (unpaired) electrons. The minimum Gasteiger partial charge on any atom is -0.469 e. The average Bonchev–Trinajstić information content (AvgIpc) is 2.18. The molecule has 1 rings (SSSR count). The second kappa shape index (κ2) is 5.32. The molecule has 0 spiro atoms. The molecule has 0 aliphatic rings. The molecule has 1 aromatic rings. The van der Waals surface area contributed by atoms with Crippen LogP contribution in [-0.2, 0) is 16.0 Å². The number of carbonyl (C=O) groups excluding carboxylic acids is 1. The number of carbonyl (C=O) groups is 1. The Balaban J connectivity index is 3.06. The van der Waals surface area contributed by atoms with Crippen LogP contribution >= 0.6 is 50.1 Å². The van der Waals surface area contributed by atoms with E-state index in [1.807, 2.05) is 12.1 Å². The monoisotopic (exact) mass is 388 g/mol. The fourth-order valence-corrected chi connectivity index (χ4v) is 2.27. The molecule has 0 saturated heterocycles. The summed E-state index contributed by atoms with van der Waals surface area (Å²) >= 11 is 11.5. The highest BCUT2D eigenvalue weighted by atomic mass is 127. The zero-order valence-electron chi connectivity index (χ0n) is 7.31. The van der Waals surface area contributed by atoms with Gasteiger partial charge < -0.3 is 4.74 Å². The van der Waals surface area contributed by atoms with Crippen molar-refractivity contribution < 1.29 is 9.53 Å². The van der Waals surface area contributed by atoms with Gasteiger partial charge in [0.2, 0.25) is 0 Å². The van der Waals surface area contributed by atoms with E-state index in [1.165, 1.54) is 7.11 Å². The van der Waals surface area contributed by atoms with Crippen molar-refractivity contribution in [1.82, 2.24) is 0 Å². The van der Waals surface area contributed by atoms with Crippen LogP contribution in [0, 0.1) is 3.57 Å². The summed E-state index contributed by atoms with van der Waals surface area (Å²) in [6.45, 7) is 0. The summed E-state index contributed by atoms with van der Waals surface area (Å²) < 4.78 is 6.33. The lowest BCUT2D eigenvalue weighted by Crippen LogP contribution is -2.06. The first kappa shape index (κ1) is 12.3. The van der Waals surface area contributed by atoms with Crippen LogP contribution in [0.4, 0.5) is 0 Å². The van der Waals surface area contributed by atoms with Crippen LogP contribution in [-0.4, -0.2) is 13.1 Å². The molecule has 0 saturated carbocycles. The number of methoxy groups -OCH3 is 1. The first-order valence-electron chi connectivity index (χ1n) is 3.75. The van der Waals surface area contributed by atoms with Crippen molar-refractivity contribution in [3.63, 3.8) is 0 Å². The third-order valence-corrected chi connectivity index (χ3v) is 4.08. The Morgan fingerprint density at radius 3 is 2.86 bits per heavy atom. The van der Waals surface area contributed by atoms with Gasteiger partial charge in [0.05, 0.1) is 18.6 Å². The minimum absolute atomic E-state index is 0.187. The molecule has 0 unspecified atom stereocenters. The zero-order chi connectivity index (χ0) is 10.7. The van der Waals surface area contributed by atoms with Crippen molar-refractivity contribution in [3.05, 3.63) is 30.8 Å². The van der Waals surface area contributed by atoms with E-state index in [9.17, 15) is 4.79 Å². The van der Waals surface area contributed by atoms with Crippen molar-refractivity contribution >= 4 is 56.1 Å². The van der Waals surface area contributed by atoms with Gasteiger partial charge in [0.15, 0.2) is 0 Å². The number of esters is 1. The molecular formula is C9H7BrClIO2. The number of rotatable bonds is 2. The highest BCUT2D eigenvalue weighted by molar-refractivity contribution is 14.1. The molecule has 0 amide bonds. The van der Waals surface area contributed by atoms with E-state index in [4.69, 9.17) is 11.6 Å². The fourth-order valence-electron chi connectivity index (χ4n) is 0.948. The maximum absolute atomic E-state index is 11.1. The largest absolute Gasteiger partial charge is 0.469 e. The molecule has 0 fully saturated rings. The standard InChI is InChI=1S/C9H7BrClIO2/c1-14-8(13)4-5-6(10)2-3-7(12)9(5)11/h2-3H,4H2,1H3. The molecule has 5 heteroatoms. The summed E-state index contributed by atoms with van der Waals surface area (Å²) in [4.78, 5) is 11.1. The van der Waals surface area contributed by atoms with Gasteiger partial charge in [0.1, 0.15) is 0 Å². The Morgan fingerprint density at radius 2 is 2.29 bits per heavy atom. The lowest BCUT2D eigenvalue weighted by Gasteiger charge is -2.07. The van der Waals surface area contributed by atoms with Crippen molar-refractivity contribution in [2.75, 3.05) is 7.11 Å². The normalized spacial score (nSPS) is 10.0. The topological polar surface area (TPSA) is 26.3 Å². The number of benzene rings is 1. The first-order chi connectivity index (χ1) is 6.56. The molecule has 2 nitrogen and oxygen atoms in total. The van der Waals surface area contributed by atoms with Gasteiger partial charge in [-0.3, -0.25) is 4.79 Å². The van der Waals surface area contributed by atoms with E-state index in [0.717, 1.165) is 13.6 Å². The van der Waals surface area contributed by atoms with Gasteiger partial charge in [-0.2, -0.15) is 0 Å². The summed E-state index contributed by atoms with van der Waals surface area (Å²) in [5.74, 6) is -0.297. The molecule has 0 bridgehead atoms. The lowest BCUT2D eigenvalue weighted by atomic mass is 10.1. The van der Waals surface area contributed by atoms with Crippen LogP contribution in [0.1, 0.15) is 5.56 Å². The number of hydrogen-bond acceptors (Lipinski definition) is 2. The highest BCUT2D eigenvalue weighted by Crippen LogP contribution is 2.29. The average molecular weight is 389 g/mol. The summed E-state index contributed by atoms with van der Waals surface area (Å²) in [5, 5.41) is 0.602. The summed E-state index contributed by atoms with van der Waals surface area (Å²) in [6, 6.07) is 3.75. The van der Waals surface area contributed by atoms with Gasteiger partial charge in [-0.1, -0.05) is 27.5 Å². The van der Waals surface area contributed by atoms with Crippen LogP contribution in [0.3, 0.4) is 0 Å². The fraction of sp³-hybridized carbons (Fsp3) is 0.222.